The molecule has 0 saturated carbocycles. The van der Waals surface area contributed by atoms with E-state index in [1.165, 1.54) is 25.7 Å². The number of sulfonamides is 1. The van der Waals surface area contributed by atoms with Gasteiger partial charge in [0.25, 0.3) is 10.0 Å². The molecule has 2 aromatic rings. The van der Waals surface area contributed by atoms with Crippen LogP contribution in [0.5, 0.6) is 0 Å². The number of hydrogen-bond donors (Lipinski definition) is 3. The molecule has 8 nitrogen and oxygen atoms in total. The summed E-state index contributed by atoms with van der Waals surface area (Å²) in [5, 5.41) is 13.3. The van der Waals surface area contributed by atoms with Crippen LogP contribution in [0.25, 0.3) is 0 Å². The van der Waals surface area contributed by atoms with Crippen molar-refractivity contribution in [2.45, 2.75) is 74.8 Å². The van der Waals surface area contributed by atoms with Gasteiger partial charge in [0.05, 0.1) is 16.9 Å². The molecule has 0 radical (unpaired) electrons. The summed E-state index contributed by atoms with van der Waals surface area (Å²) in [5.41, 5.74) is 2.50. The Labute approximate surface area is 226 Å². The first-order chi connectivity index (χ1) is 18.3. The van der Waals surface area contributed by atoms with Crippen LogP contribution in [0.15, 0.2) is 41.3 Å². The molecular weight excluding hydrogens is 500 g/mol. The Hall–Kier alpha value is -2.62. The number of aryl methyl sites for hydroxylation is 1. The highest BCUT2D eigenvalue weighted by molar-refractivity contribution is 7.92. The summed E-state index contributed by atoms with van der Waals surface area (Å²) in [5.74, 6) is -1.10. The van der Waals surface area contributed by atoms with Crippen LogP contribution in [0, 0.1) is 0 Å². The number of carbonyl (C=O) groups is 1. The second-order valence-corrected chi connectivity index (χ2v) is 12.7. The van der Waals surface area contributed by atoms with Crippen molar-refractivity contribution in [3.8, 4) is 0 Å². The molecule has 2 aromatic carbocycles. The zero-order valence-corrected chi connectivity index (χ0v) is 23.1. The number of nitrogens with zero attached hydrogens (tertiary/aromatic N) is 2. The quantitative estimate of drug-likeness (QED) is 0.433. The van der Waals surface area contributed by atoms with E-state index < -0.39 is 16.0 Å². The van der Waals surface area contributed by atoms with E-state index in [2.05, 4.69) is 26.9 Å². The maximum atomic E-state index is 13.5. The lowest BCUT2D eigenvalue weighted by atomic mass is 9.87. The molecule has 1 atom stereocenters. The van der Waals surface area contributed by atoms with Gasteiger partial charge < -0.3 is 15.3 Å². The number of likely N-dealkylation sites (tertiary alicyclic amines) is 2. The van der Waals surface area contributed by atoms with Crippen molar-refractivity contribution in [1.82, 2.24) is 9.80 Å². The third kappa shape index (κ3) is 5.84. The Morgan fingerprint density at radius 3 is 2.53 bits per heavy atom. The number of rotatable bonds is 9. The summed E-state index contributed by atoms with van der Waals surface area (Å²) in [6.07, 6.45) is 9.21. The van der Waals surface area contributed by atoms with Crippen molar-refractivity contribution in [2.75, 3.05) is 43.3 Å². The molecule has 3 aliphatic rings. The molecule has 9 heteroatoms. The average Bonchev–Trinajstić information content (AvgIpc) is 3.37. The average molecular weight is 541 g/mol. The fourth-order valence-electron chi connectivity index (χ4n) is 6.55. The highest BCUT2D eigenvalue weighted by Crippen LogP contribution is 2.33. The zero-order chi connectivity index (χ0) is 26.7. The first kappa shape index (κ1) is 27.0. The second kappa shape index (κ2) is 11.6. The maximum absolute atomic E-state index is 13.5. The number of hydrogen-bond acceptors (Lipinski definition) is 6. The first-order valence-corrected chi connectivity index (χ1v) is 15.5. The van der Waals surface area contributed by atoms with Gasteiger partial charge in [-0.05, 0) is 114 Å². The molecule has 2 saturated heterocycles. The van der Waals surface area contributed by atoms with Crippen molar-refractivity contribution in [3.63, 3.8) is 0 Å². The van der Waals surface area contributed by atoms with Gasteiger partial charge >= 0.3 is 5.97 Å². The topological polar surface area (TPSA) is 102 Å². The SMILES string of the molecule is CN1CCC(N2CCCC2CCNc2ccccc2S(=O)(=O)Nc2ccc3c(c2C(=O)O)CCCC3)CC1. The number of fused-ring (bicyclic) bond motifs is 1. The second-order valence-electron chi connectivity index (χ2n) is 11.0. The lowest BCUT2D eigenvalue weighted by Gasteiger charge is -2.38. The summed E-state index contributed by atoms with van der Waals surface area (Å²) in [6.45, 7) is 4.14. The lowest BCUT2D eigenvalue weighted by Crippen LogP contribution is -2.46. The van der Waals surface area contributed by atoms with E-state index in [9.17, 15) is 18.3 Å². The van der Waals surface area contributed by atoms with Crippen LogP contribution in [-0.2, 0) is 22.9 Å². The molecule has 0 bridgehead atoms. The minimum Gasteiger partial charge on any atom is -0.478 e. The molecule has 0 amide bonds. The number of para-hydroxylation sites is 1. The van der Waals surface area contributed by atoms with Gasteiger partial charge in [0.2, 0.25) is 0 Å². The van der Waals surface area contributed by atoms with Gasteiger partial charge in [-0.1, -0.05) is 18.2 Å². The van der Waals surface area contributed by atoms with E-state index in [4.69, 9.17) is 0 Å². The molecule has 3 N–H and O–H groups in total. The van der Waals surface area contributed by atoms with Gasteiger partial charge in [0.1, 0.15) is 4.90 Å². The van der Waals surface area contributed by atoms with Gasteiger partial charge in [-0.3, -0.25) is 9.62 Å². The lowest BCUT2D eigenvalue weighted by molar-refractivity contribution is 0.0696. The van der Waals surface area contributed by atoms with Crippen LogP contribution in [0.4, 0.5) is 11.4 Å². The van der Waals surface area contributed by atoms with E-state index in [1.807, 2.05) is 12.1 Å². The number of aromatic carboxylic acids is 1. The van der Waals surface area contributed by atoms with Gasteiger partial charge in [-0.2, -0.15) is 0 Å². The van der Waals surface area contributed by atoms with Crippen molar-refractivity contribution in [1.29, 1.82) is 0 Å². The van der Waals surface area contributed by atoms with Crippen LogP contribution < -0.4 is 10.0 Å². The Bertz CT molecular complexity index is 1260. The van der Waals surface area contributed by atoms with Crippen LogP contribution >= 0.6 is 0 Å². The minimum atomic E-state index is -4.00. The van der Waals surface area contributed by atoms with Crippen LogP contribution in [0.3, 0.4) is 0 Å². The van der Waals surface area contributed by atoms with Gasteiger partial charge in [-0.15, -0.1) is 0 Å². The van der Waals surface area contributed by atoms with Gasteiger partial charge in [0.15, 0.2) is 0 Å². The fraction of sp³-hybridized carbons (Fsp3) is 0.552. The Kier molecular flexibility index (Phi) is 8.26. The van der Waals surface area contributed by atoms with Crippen LogP contribution in [0.1, 0.15) is 66.4 Å². The number of piperidine rings is 1. The molecule has 5 rings (SSSR count). The molecule has 38 heavy (non-hydrogen) atoms. The van der Waals surface area contributed by atoms with Crippen molar-refractivity contribution >= 4 is 27.4 Å². The van der Waals surface area contributed by atoms with Crippen molar-refractivity contribution in [3.05, 3.63) is 53.1 Å². The standard InChI is InChI=1S/C29H40N4O4S/c1-32-19-15-23(16-20-32)33-18-6-8-22(33)14-17-30-25-10-4-5-11-27(25)38(36,37)31-26-13-12-21-7-2-3-9-24(21)28(26)29(34)35/h4-5,10-13,22-23,30-31H,2-3,6-9,14-20H2,1H3,(H,34,35). The molecule has 2 aliphatic heterocycles. The predicted molar refractivity (Wildman–Crippen MR) is 151 cm³/mol. The predicted octanol–water partition coefficient (Wildman–Crippen LogP) is 4.43. The number of nitrogens with one attached hydrogen (secondary N) is 2. The van der Waals surface area contributed by atoms with Crippen LogP contribution in [0.2, 0.25) is 0 Å². The third-order valence-corrected chi connectivity index (χ3v) is 9.96. The van der Waals surface area contributed by atoms with E-state index in [0.717, 1.165) is 56.4 Å². The first-order valence-electron chi connectivity index (χ1n) is 14.0. The molecule has 0 aromatic heterocycles. The Morgan fingerprint density at radius 2 is 1.74 bits per heavy atom. The normalized spacial score (nSPS) is 21.2. The molecule has 2 heterocycles. The van der Waals surface area contributed by atoms with Gasteiger partial charge in [-0.25, -0.2) is 13.2 Å². The summed E-state index contributed by atoms with van der Waals surface area (Å²) >= 11 is 0. The van der Waals surface area contributed by atoms with E-state index in [-0.39, 0.29) is 16.1 Å². The van der Waals surface area contributed by atoms with Crippen molar-refractivity contribution < 1.29 is 18.3 Å². The fourth-order valence-corrected chi connectivity index (χ4v) is 7.81. The molecular formula is C29H40N4O4S. The van der Waals surface area contributed by atoms with Crippen molar-refractivity contribution in [2.24, 2.45) is 0 Å². The Morgan fingerprint density at radius 1 is 0.974 bits per heavy atom. The number of carboxylic acid groups (broad SMARTS) is 1. The number of benzene rings is 2. The largest absolute Gasteiger partial charge is 0.478 e. The third-order valence-electron chi connectivity index (χ3n) is 8.54. The molecule has 2 fully saturated rings. The highest BCUT2D eigenvalue weighted by Gasteiger charge is 2.32. The summed E-state index contributed by atoms with van der Waals surface area (Å²) in [4.78, 5) is 17.4. The summed E-state index contributed by atoms with van der Waals surface area (Å²) in [6, 6.07) is 11.5. The van der Waals surface area contributed by atoms with Crippen LogP contribution in [-0.4, -0.2) is 74.6 Å². The molecule has 0 spiro atoms. The molecule has 206 valence electrons. The summed E-state index contributed by atoms with van der Waals surface area (Å²) < 4.78 is 29.6. The van der Waals surface area contributed by atoms with E-state index in [1.54, 1.807) is 24.3 Å². The highest BCUT2D eigenvalue weighted by atomic mass is 32.2. The summed E-state index contributed by atoms with van der Waals surface area (Å²) in [7, 11) is -1.81. The smallest absolute Gasteiger partial charge is 0.338 e. The van der Waals surface area contributed by atoms with E-state index >= 15 is 0 Å². The minimum absolute atomic E-state index is 0.0754. The maximum Gasteiger partial charge on any atom is 0.338 e. The number of anilines is 2. The Balaban J connectivity index is 1.28. The molecule has 1 aliphatic carbocycles. The monoisotopic (exact) mass is 540 g/mol. The molecule has 1 unspecified atom stereocenters. The zero-order valence-electron chi connectivity index (χ0n) is 22.3. The number of carboxylic acids is 1. The van der Waals surface area contributed by atoms with Gasteiger partial charge in [0, 0.05) is 18.6 Å². The van der Waals surface area contributed by atoms with E-state index in [0.29, 0.717) is 30.7 Å².